The van der Waals surface area contributed by atoms with Crippen LogP contribution < -0.4 is 0 Å². The summed E-state index contributed by atoms with van der Waals surface area (Å²) in [6.07, 6.45) is 0. The van der Waals surface area contributed by atoms with E-state index in [1.54, 1.807) is 12.1 Å². The highest BCUT2D eigenvalue weighted by Crippen LogP contribution is 2.19. The van der Waals surface area contributed by atoms with Gasteiger partial charge in [0.15, 0.2) is 0 Å². The highest BCUT2D eigenvalue weighted by Gasteiger charge is 2.06. The predicted octanol–water partition coefficient (Wildman–Crippen LogP) is 4.15. The van der Waals surface area contributed by atoms with Crippen molar-refractivity contribution in [3.05, 3.63) is 69.7 Å². The molecule has 0 unspecified atom stereocenters. The maximum Gasteiger partial charge on any atom is 0.0992 e. The molecule has 0 saturated carbocycles. The van der Waals surface area contributed by atoms with Gasteiger partial charge in [-0.15, -0.1) is 0 Å². The third-order valence-electron chi connectivity index (χ3n) is 3.20. The van der Waals surface area contributed by atoms with Crippen LogP contribution in [0.5, 0.6) is 0 Å². The molecular weight excluding hydrogens is 268 g/mol. The van der Waals surface area contributed by atoms with E-state index in [4.69, 9.17) is 16.9 Å². The fourth-order valence-electron chi connectivity index (χ4n) is 2.10. The second-order valence-corrected chi connectivity index (χ2v) is 5.48. The molecule has 102 valence electrons. The maximum absolute atomic E-state index is 8.83. The Hall–Kier alpha value is -1.82. The zero-order valence-electron chi connectivity index (χ0n) is 11.7. The van der Waals surface area contributed by atoms with Gasteiger partial charge in [-0.05, 0) is 37.2 Å². The Morgan fingerprint density at radius 1 is 1.10 bits per heavy atom. The van der Waals surface area contributed by atoms with Crippen LogP contribution in [0.1, 0.15) is 22.3 Å². The van der Waals surface area contributed by atoms with Crippen LogP contribution in [0.15, 0.2) is 42.5 Å². The van der Waals surface area contributed by atoms with Crippen LogP contribution in [-0.4, -0.2) is 11.9 Å². The Morgan fingerprint density at radius 2 is 1.80 bits per heavy atom. The van der Waals surface area contributed by atoms with Crippen molar-refractivity contribution in [3.8, 4) is 6.07 Å². The van der Waals surface area contributed by atoms with E-state index in [1.807, 2.05) is 6.07 Å². The fourth-order valence-corrected chi connectivity index (χ4v) is 2.34. The third kappa shape index (κ3) is 3.84. The highest BCUT2D eigenvalue weighted by atomic mass is 35.5. The smallest absolute Gasteiger partial charge is 0.0992 e. The molecule has 0 atom stereocenters. The summed E-state index contributed by atoms with van der Waals surface area (Å²) in [6, 6.07) is 16.1. The van der Waals surface area contributed by atoms with E-state index in [1.165, 1.54) is 11.1 Å². The van der Waals surface area contributed by atoms with Crippen molar-refractivity contribution in [1.82, 2.24) is 4.90 Å². The lowest BCUT2D eigenvalue weighted by Crippen LogP contribution is -2.17. The van der Waals surface area contributed by atoms with Crippen molar-refractivity contribution in [2.45, 2.75) is 20.0 Å². The summed E-state index contributed by atoms with van der Waals surface area (Å²) in [5, 5.41) is 9.49. The van der Waals surface area contributed by atoms with Gasteiger partial charge in [-0.3, -0.25) is 4.90 Å². The molecule has 2 aromatic rings. The minimum atomic E-state index is 0.597. The van der Waals surface area contributed by atoms with E-state index in [0.29, 0.717) is 10.6 Å². The Morgan fingerprint density at radius 3 is 2.40 bits per heavy atom. The monoisotopic (exact) mass is 284 g/mol. The van der Waals surface area contributed by atoms with Crippen molar-refractivity contribution in [2.75, 3.05) is 7.05 Å². The number of rotatable bonds is 4. The lowest BCUT2D eigenvalue weighted by molar-refractivity contribution is 0.319. The van der Waals surface area contributed by atoms with Crippen LogP contribution in [-0.2, 0) is 13.1 Å². The molecule has 0 N–H and O–H groups in total. The van der Waals surface area contributed by atoms with Gasteiger partial charge < -0.3 is 0 Å². The zero-order chi connectivity index (χ0) is 14.5. The molecule has 0 aliphatic rings. The Labute approximate surface area is 125 Å². The molecule has 2 aromatic carbocycles. The summed E-state index contributed by atoms with van der Waals surface area (Å²) >= 11 is 6.20. The van der Waals surface area contributed by atoms with Crippen molar-refractivity contribution in [2.24, 2.45) is 0 Å². The molecule has 0 fully saturated rings. The SMILES string of the molecule is Cc1ccc(CN(C)Cc2ccc(C#N)cc2Cl)cc1. The van der Waals surface area contributed by atoms with Gasteiger partial charge in [0.25, 0.3) is 0 Å². The first-order chi connectivity index (χ1) is 9.58. The first-order valence-corrected chi connectivity index (χ1v) is 6.89. The summed E-state index contributed by atoms with van der Waals surface area (Å²) in [5.74, 6) is 0. The molecule has 0 amide bonds. The average Bonchev–Trinajstić information content (AvgIpc) is 2.43. The Bertz CT molecular complexity index is 626. The van der Waals surface area contributed by atoms with Crippen LogP contribution in [0.4, 0.5) is 0 Å². The van der Waals surface area contributed by atoms with Crippen LogP contribution >= 0.6 is 11.6 Å². The predicted molar refractivity (Wildman–Crippen MR) is 82.5 cm³/mol. The minimum absolute atomic E-state index is 0.597. The van der Waals surface area contributed by atoms with E-state index in [9.17, 15) is 0 Å². The van der Waals surface area contributed by atoms with E-state index in [0.717, 1.165) is 18.7 Å². The molecule has 0 radical (unpaired) electrons. The van der Waals surface area contributed by atoms with Crippen LogP contribution in [0, 0.1) is 18.3 Å². The van der Waals surface area contributed by atoms with Gasteiger partial charge in [0.05, 0.1) is 11.6 Å². The summed E-state index contributed by atoms with van der Waals surface area (Å²) in [5.41, 5.74) is 4.19. The van der Waals surface area contributed by atoms with Crippen molar-refractivity contribution in [1.29, 1.82) is 5.26 Å². The second-order valence-electron chi connectivity index (χ2n) is 5.08. The molecule has 0 saturated heterocycles. The molecule has 2 nitrogen and oxygen atoms in total. The molecular formula is C17H17ClN2. The maximum atomic E-state index is 8.83. The highest BCUT2D eigenvalue weighted by molar-refractivity contribution is 6.31. The molecule has 2 rings (SSSR count). The molecule has 0 bridgehead atoms. The summed E-state index contributed by atoms with van der Waals surface area (Å²) in [4.78, 5) is 2.21. The van der Waals surface area contributed by atoms with Crippen molar-refractivity contribution < 1.29 is 0 Å². The largest absolute Gasteiger partial charge is 0.298 e. The Balaban J connectivity index is 2.03. The van der Waals surface area contributed by atoms with E-state index in [2.05, 4.69) is 49.2 Å². The number of halogens is 1. The van der Waals surface area contributed by atoms with Crippen LogP contribution in [0.25, 0.3) is 0 Å². The third-order valence-corrected chi connectivity index (χ3v) is 3.55. The summed E-state index contributed by atoms with van der Waals surface area (Å²) < 4.78 is 0. The number of benzene rings is 2. The lowest BCUT2D eigenvalue weighted by Gasteiger charge is -2.17. The van der Waals surface area contributed by atoms with Gasteiger partial charge in [-0.2, -0.15) is 5.26 Å². The van der Waals surface area contributed by atoms with Gasteiger partial charge in [-0.25, -0.2) is 0 Å². The van der Waals surface area contributed by atoms with Crippen LogP contribution in [0.3, 0.4) is 0 Å². The summed E-state index contributed by atoms with van der Waals surface area (Å²) in [6.45, 7) is 3.72. The topological polar surface area (TPSA) is 27.0 Å². The van der Waals surface area contributed by atoms with E-state index >= 15 is 0 Å². The number of nitrogens with zero attached hydrogens (tertiary/aromatic N) is 2. The fraction of sp³-hybridized carbons (Fsp3) is 0.235. The van der Waals surface area contributed by atoms with Crippen molar-refractivity contribution in [3.63, 3.8) is 0 Å². The number of nitriles is 1. The molecule has 0 aliphatic heterocycles. The first-order valence-electron chi connectivity index (χ1n) is 6.51. The second kappa shape index (κ2) is 6.56. The quantitative estimate of drug-likeness (QED) is 0.843. The van der Waals surface area contributed by atoms with Gasteiger partial charge >= 0.3 is 0 Å². The molecule has 3 heteroatoms. The normalized spacial score (nSPS) is 10.6. The number of hydrogen-bond donors (Lipinski definition) is 0. The number of aryl methyl sites for hydroxylation is 1. The van der Waals surface area contributed by atoms with Gasteiger partial charge in [0, 0.05) is 18.1 Å². The first kappa shape index (κ1) is 14.6. The average molecular weight is 285 g/mol. The molecule has 0 spiro atoms. The molecule has 0 aromatic heterocycles. The lowest BCUT2D eigenvalue weighted by atomic mass is 10.1. The van der Waals surface area contributed by atoms with Crippen molar-refractivity contribution >= 4 is 11.6 Å². The zero-order valence-corrected chi connectivity index (χ0v) is 12.5. The minimum Gasteiger partial charge on any atom is -0.298 e. The van der Waals surface area contributed by atoms with E-state index < -0.39 is 0 Å². The number of hydrogen-bond acceptors (Lipinski definition) is 2. The molecule has 0 heterocycles. The molecule has 0 aliphatic carbocycles. The van der Waals surface area contributed by atoms with E-state index in [-0.39, 0.29) is 0 Å². The van der Waals surface area contributed by atoms with Crippen LogP contribution in [0.2, 0.25) is 5.02 Å². The molecule has 20 heavy (non-hydrogen) atoms. The van der Waals surface area contributed by atoms with Gasteiger partial charge in [0.2, 0.25) is 0 Å². The van der Waals surface area contributed by atoms with Gasteiger partial charge in [0.1, 0.15) is 0 Å². The standard InChI is InChI=1S/C17H17ClN2/c1-13-3-5-14(6-4-13)11-20(2)12-16-8-7-15(10-19)9-17(16)18/h3-9H,11-12H2,1-2H3. The van der Waals surface area contributed by atoms with Gasteiger partial charge in [-0.1, -0.05) is 47.5 Å². The summed E-state index contributed by atoms with van der Waals surface area (Å²) in [7, 11) is 2.06. The Kier molecular flexibility index (Phi) is 4.79.